The third kappa shape index (κ3) is 2.99. The van der Waals surface area contributed by atoms with E-state index >= 15 is 0 Å². The molecule has 2 rings (SSSR count). The highest BCUT2D eigenvalue weighted by atomic mass is 14.6. The Bertz CT molecular complexity index is 480. The Kier molecular flexibility index (Phi) is 4.16. The second kappa shape index (κ2) is 5.83. The monoisotopic (exact) mass is 239 g/mol. The fraction of sp³-hybridized carbons (Fsp3) is 0.294. The van der Waals surface area contributed by atoms with Gasteiger partial charge < -0.3 is 5.73 Å². The number of aryl methyl sites for hydroxylation is 1. The molecule has 0 aliphatic rings. The van der Waals surface area contributed by atoms with Crippen LogP contribution in [0.3, 0.4) is 0 Å². The summed E-state index contributed by atoms with van der Waals surface area (Å²) in [6, 6.07) is 17.5. The molecule has 0 saturated carbocycles. The van der Waals surface area contributed by atoms with Gasteiger partial charge >= 0.3 is 0 Å². The third-order valence-electron chi connectivity index (χ3n) is 3.26. The minimum absolute atomic E-state index is 0.103. The van der Waals surface area contributed by atoms with Crippen LogP contribution in [0.4, 0.5) is 0 Å². The molecule has 94 valence electrons. The van der Waals surface area contributed by atoms with Gasteiger partial charge in [-0.25, -0.2) is 0 Å². The molecule has 0 fully saturated rings. The Morgan fingerprint density at radius 1 is 0.889 bits per heavy atom. The van der Waals surface area contributed by atoms with Crippen molar-refractivity contribution >= 4 is 0 Å². The van der Waals surface area contributed by atoms with Crippen molar-refractivity contribution in [1.82, 2.24) is 0 Å². The fourth-order valence-corrected chi connectivity index (χ4v) is 2.13. The molecular formula is C17H21N. The van der Waals surface area contributed by atoms with E-state index in [-0.39, 0.29) is 6.04 Å². The Labute approximate surface area is 110 Å². The lowest BCUT2D eigenvalue weighted by Crippen LogP contribution is -2.04. The topological polar surface area (TPSA) is 26.0 Å². The van der Waals surface area contributed by atoms with Crippen LogP contribution >= 0.6 is 0 Å². The molecule has 18 heavy (non-hydrogen) atoms. The van der Waals surface area contributed by atoms with Crippen molar-refractivity contribution in [3.05, 3.63) is 59.7 Å². The van der Waals surface area contributed by atoms with E-state index in [0.29, 0.717) is 0 Å². The average Bonchev–Trinajstić information content (AvgIpc) is 2.40. The Hall–Kier alpha value is -1.60. The lowest BCUT2D eigenvalue weighted by atomic mass is 10.00. The minimum Gasteiger partial charge on any atom is -0.324 e. The summed E-state index contributed by atoms with van der Waals surface area (Å²) < 4.78 is 0. The summed E-state index contributed by atoms with van der Waals surface area (Å²) in [6.07, 6.45) is 2.35. The molecule has 2 aromatic rings. The van der Waals surface area contributed by atoms with Gasteiger partial charge in [-0.3, -0.25) is 0 Å². The number of benzene rings is 2. The maximum atomic E-state index is 5.86. The second-order valence-electron chi connectivity index (χ2n) is 4.86. The number of nitrogens with two attached hydrogens (primary N) is 1. The molecule has 1 unspecified atom stereocenters. The molecule has 0 aromatic heterocycles. The first-order chi connectivity index (χ1) is 8.70. The van der Waals surface area contributed by atoms with Gasteiger partial charge in [-0.2, -0.15) is 0 Å². The first-order valence-electron chi connectivity index (χ1n) is 6.65. The number of rotatable bonds is 4. The summed E-state index contributed by atoms with van der Waals surface area (Å²) in [5.41, 5.74) is 11.0. The van der Waals surface area contributed by atoms with Gasteiger partial charge in [0, 0.05) is 6.04 Å². The van der Waals surface area contributed by atoms with E-state index in [1.165, 1.54) is 28.7 Å². The Morgan fingerprint density at radius 3 is 1.83 bits per heavy atom. The first-order valence-corrected chi connectivity index (χ1v) is 6.65. The second-order valence-corrected chi connectivity index (χ2v) is 4.86. The van der Waals surface area contributed by atoms with Gasteiger partial charge in [-0.1, -0.05) is 61.9 Å². The molecule has 1 atom stereocenters. The van der Waals surface area contributed by atoms with Gasteiger partial charge in [0.25, 0.3) is 0 Å². The summed E-state index contributed by atoms with van der Waals surface area (Å²) >= 11 is 0. The molecule has 0 amide bonds. The van der Waals surface area contributed by atoms with E-state index in [1.807, 2.05) is 6.92 Å². The quantitative estimate of drug-likeness (QED) is 0.844. The van der Waals surface area contributed by atoms with E-state index < -0.39 is 0 Å². The average molecular weight is 239 g/mol. The summed E-state index contributed by atoms with van der Waals surface area (Å²) in [7, 11) is 0. The molecule has 0 aliphatic heterocycles. The van der Waals surface area contributed by atoms with Crippen molar-refractivity contribution in [3.63, 3.8) is 0 Å². The largest absolute Gasteiger partial charge is 0.324 e. The highest BCUT2D eigenvalue weighted by molar-refractivity contribution is 5.64. The normalized spacial score (nSPS) is 12.4. The zero-order chi connectivity index (χ0) is 13.0. The standard InChI is InChI=1S/C17H21N/c1-3-4-14-5-7-16(8-6-14)17-11-9-15(10-12-17)13(2)18/h5-13H,3-4,18H2,1-2H3. The van der Waals surface area contributed by atoms with Crippen LogP contribution in [0.15, 0.2) is 48.5 Å². The van der Waals surface area contributed by atoms with Crippen LogP contribution in [0.5, 0.6) is 0 Å². The lowest BCUT2D eigenvalue weighted by Gasteiger charge is -2.08. The minimum atomic E-state index is 0.103. The highest BCUT2D eigenvalue weighted by Gasteiger charge is 2.01. The van der Waals surface area contributed by atoms with Gasteiger partial charge in [0.05, 0.1) is 0 Å². The van der Waals surface area contributed by atoms with E-state index in [1.54, 1.807) is 0 Å². The maximum absolute atomic E-state index is 5.86. The van der Waals surface area contributed by atoms with E-state index in [9.17, 15) is 0 Å². The maximum Gasteiger partial charge on any atom is 0.0266 e. The molecular weight excluding hydrogens is 218 g/mol. The highest BCUT2D eigenvalue weighted by Crippen LogP contribution is 2.22. The fourth-order valence-electron chi connectivity index (χ4n) is 2.13. The van der Waals surface area contributed by atoms with Crippen LogP contribution in [0.2, 0.25) is 0 Å². The molecule has 0 bridgehead atoms. The van der Waals surface area contributed by atoms with Crippen molar-refractivity contribution in [3.8, 4) is 11.1 Å². The molecule has 1 nitrogen and oxygen atoms in total. The van der Waals surface area contributed by atoms with Crippen LogP contribution in [0, 0.1) is 0 Å². The van der Waals surface area contributed by atoms with Crippen LogP contribution < -0.4 is 5.73 Å². The summed E-state index contributed by atoms with van der Waals surface area (Å²) in [5.74, 6) is 0. The van der Waals surface area contributed by atoms with Crippen molar-refractivity contribution in [2.24, 2.45) is 5.73 Å². The van der Waals surface area contributed by atoms with E-state index in [4.69, 9.17) is 5.73 Å². The van der Waals surface area contributed by atoms with Crippen molar-refractivity contribution < 1.29 is 0 Å². The molecule has 0 aliphatic carbocycles. The van der Waals surface area contributed by atoms with Crippen molar-refractivity contribution in [2.75, 3.05) is 0 Å². The zero-order valence-corrected chi connectivity index (χ0v) is 11.2. The van der Waals surface area contributed by atoms with Gasteiger partial charge in [-0.15, -0.1) is 0 Å². The van der Waals surface area contributed by atoms with Crippen molar-refractivity contribution in [1.29, 1.82) is 0 Å². The third-order valence-corrected chi connectivity index (χ3v) is 3.26. The van der Waals surface area contributed by atoms with Crippen molar-refractivity contribution in [2.45, 2.75) is 32.7 Å². The summed E-state index contributed by atoms with van der Waals surface area (Å²) in [6.45, 7) is 4.22. The van der Waals surface area contributed by atoms with Crippen LogP contribution in [-0.2, 0) is 6.42 Å². The molecule has 0 spiro atoms. The van der Waals surface area contributed by atoms with Crippen LogP contribution in [-0.4, -0.2) is 0 Å². The summed E-state index contributed by atoms with van der Waals surface area (Å²) in [5, 5.41) is 0. The number of hydrogen-bond donors (Lipinski definition) is 1. The molecule has 2 N–H and O–H groups in total. The molecule has 0 saturated heterocycles. The van der Waals surface area contributed by atoms with Gasteiger partial charge in [-0.05, 0) is 35.6 Å². The first kappa shape index (κ1) is 12.8. The Balaban J connectivity index is 2.20. The predicted molar refractivity (Wildman–Crippen MR) is 78.5 cm³/mol. The Morgan fingerprint density at radius 2 is 1.39 bits per heavy atom. The van der Waals surface area contributed by atoms with Crippen LogP contribution in [0.1, 0.15) is 37.4 Å². The molecule has 0 radical (unpaired) electrons. The number of hydrogen-bond acceptors (Lipinski definition) is 1. The SMILES string of the molecule is CCCc1ccc(-c2ccc(C(C)N)cc2)cc1. The lowest BCUT2D eigenvalue weighted by molar-refractivity contribution is 0.818. The molecule has 0 heterocycles. The van der Waals surface area contributed by atoms with E-state index in [0.717, 1.165) is 6.42 Å². The predicted octanol–water partition coefficient (Wildman–Crippen LogP) is 4.33. The van der Waals surface area contributed by atoms with Gasteiger partial charge in [0.2, 0.25) is 0 Å². The zero-order valence-electron chi connectivity index (χ0n) is 11.2. The van der Waals surface area contributed by atoms with Gasteiger partial charge in [0.15, 0.2) is 0 Å². The van der Waals surface area contributed by atoms with E-state index in [2.05, 4.69) is 55.5 Å². The summed E-state index contributed by atoms with van der Waals surface area (Å²) in [4.78, 5) is 0. The van der Waals surface area contributed by atoms with Crippen LogP contribution in [0.25, 0.3) is 11.1 Å². The van der Waals surface area contributed by atoms with Gasteiger partial charge in [0.1, 0.15) is 0 Å². The smallest absolute Gasteiger partial charge is 0.0266 e. The molecule has 2 aromatic carbocycles. The molecule has 1 heteroatoms.